The molecule has 1 amide bonds. The second-order valence-corrected chi connectivity index (χ2v) is 9.74. The molecule has 0 unspecified atom stereocenters. The number of anilines is 1. The number of rotatable bonds is 3. The second-order valence-electron chi connectivity index (χ2n) is 6.38. The fourth-order valence-corrected chi connectivity index (χ4v) is 7.06. The zero-order chi connectivity index (χ0) is 16.9. The van der Waals surface area contributed by atoms with E-state index >= 15 is 0 Å². The number of methoxy groups -OCH3 is 1. The molecule has 1 aromatic carbocycles. The number of thioether (sulfide) groups is 1. The highest BCUT2D eigenvalue weighted by molar-refractivity contribution is 8.16. The third-order valence-corrected chi connectivity index (χ3v) is 7.74. The van der Waals surface area contributed by atoms with Gasteiger partial charge in [-0.05, 0) is 25.0 Å². The number of aliphatic imine (C=N–C) groups is 1. The summed E-state index contributed by atoms with van der Waals surface area (Å²) in [5, 5.41) is 0.539. The van der Waals surface area contributed by atoms with Gasteiger partial charge in [0.1, 0.15) is 5.75 Å². The van der Waals surface area contributed by atoms with Crippen LogP contribution in [0.3, 0.4) is 0 Å². The van der Waals surface area contributed by atoms with Gasteiger partial charge in [-0.15, -0.1) is 0 Å². The number of amidine groups is 1. The maximum atomic E-state index is 12.1. The predicted octanol–water partition coefficient (Wildman–Crippen LogP) is 1.71. The van der Waals surface area contributed by atoms with Crippen molar-refractivity contribution >= 4 is 38.4 Å². The Morgan fingerprint density at radius 3 is 2.83 bits per heavy atom. The van der Waals surface area contributed by atoms with Gasteiger partial charge in [-0.3, -0.25) is 4.79 Å². The molecule has 2 atom stereocenters. The van der Waals surface area contributed by atoms with Gasteiger partial charge in [-0.1, -0.05) is 17.8 Å². The van der Waals surface area contributed by atoms with Crippen LogP contribution in [-0.2, 0) is 14.6 Å². The molecule has 24 heavy (non-hydrogen) atoms. The van der Waals surface area contributed by atoms with Crippen molar-refractivity contribution < 1.29 is 17.9 Å². The number of ether oxygens (including phenoxy) is 1. The maximum Gasteiger partial charge on any atom is 0.251 e. The minimum Gasteiger partial charge on any atom is -0.497 e. The van der Waals surface area contributed by atoms with Crippen LogP contribution in [0.2, 0.25) is 0 Å². The molecule has 0 radical (unpaired) electrons. The number of fused-ring (bicyclic) bond motifs is 1. The minimum atomic E-state index is -3.05. The van der Waals surface area contributed by atoms with Crippen molar-refractivity contribution in [2.45, 2.75) is 24.1 Å². The van der Waals surface area contributed by atoms with E-state index in [1.54, 1.807) is 7.11 Å². The Balaban J connectivity index is 1.72. The van der Waals surface area contributed by atoms with Gasteiger partial charge in [-0.25, -0.2) is 8.42 Å². The summed E-state index contributed by atoms with van der Waals surface area (Å²) < 4.78 is 29.3. The molecule has 0 N–H and O–H groups in total. The van der Waals surface area contributed by atoms with Crippen LogP contribution in [0.15, 0.2) is 29.3 Å². The van der Waals surface area contributed by atoms with E-state index in [-0.39, 0.29) is 34.6 Å². The van der Waals surface area contributed by atoms with Gasteiger partial charge in [-0.2, -0.15) is 4.99 Å². The molecular formula is C16H18N2O4S2. The largest absolute Gasteiger partial charge is 0.497 e. The summed E-state index contributed by atoms with van der Waals surface area (Å²) in [7, 11) is -1.46. The molecule has 0 spiro atoms. The van der Waals surface area contributed by atoms with E-state index in [0.29, 0.717) is 10.9 Å². The van der Waals surface area contributed by atoms with E-state index < -0.39 is 9.84 Å². The first kappa shape index (κ1) is 16.0. The molecule has 3 aliphatic rings. The highest BCUT2D eigenvalue weighted by Gasteiger charge is 2.49. The van der Waals surface area contributed by atoms with E-state index in [2.05, 4.69) is 4.99 Å². The Bertz CT molecular complexity index is 817. The fraction of sp³-hybridized carbons (Fsp3) is 0.500. The molecule has 128 valence electrons. The van der Waals surface area contributed by atoms with Gasteiger partial charge in [0.05, 0.1) is 24.7 Å². The zero-order valence-corrected chi connectivity index (χ0v) is 14.8. The first-order valence-corrected chi connectivity index (χ1v) is 10.6. The average molecular weight is 366 g/mol. The lowest BCUT2D eigenvalue weighted by Gasteiger charge is -2.24. The van der Waals surface area contributed by atoms with Crippen LogP contribution in [0.25, 0.3) is 0 Å². The predicted molar refractivity (Wildman–Crippen MR) is 94.5 cm³/mol. The molecule has 0 bridgehead atoms. The van der Waals surface area contributed by atoms with E-state index in [1.165, 1.54) is 11.8 Å². The average Bonchev–Trinajstić information content (AvgIpc) is 3.28. The number of nitrogens with zero attached hydrogens (tertiary/aromatic N) is 2. The van der Waals surface area contributed by atoms with Gasteiger partial charge in [0.25, 0.3) is 5.91 Å². The Labute approximate surface area is 145 Å². The molecule has 1 aliphatic carbocycles. The Hall–Kier alpha value is -1.54. The maximum absolute atomic E-state index is 12.1. The highest BCUT2D eigenvalue weighted by atomic mass is 32.2. The third kappa shape index (κ3) is 2.93. The smallest absolute Gasteiger partial charge is 0.251 e. The van der Waals surface area contributed by atoms with Crippen LogP contribution in [0.1, 0.15) is 12.8 Å². The Morgan fingerprint density at radius 2 is 2.12 bits per heavy atom. The molecular weight excluding hydrogens is 348 g/mol. The molecule has 1 aromatic rings. The van der Waals surface area contributed by atoms with E-state index in [0.717, 1.165) is 18.5 Å². The molecule has 6 nitrogen and oxygen atoms in total. The lowest BCUT2D eigenvalue weighted by Crippen LogP contribution is -2.37. The summed E-state index contributed by atoms with van der Waals surface area (Å²) in [6.07, 6.45) is 1.81. The summed E-state index contributed by atoms with van der Waals surface area (Å²) in [5.74, 6) is 0.884. The topological polar surface area (TPSA) is 76.0 Å². The summed E-state index contributed by atoms with van der Waals surface area (Å²) in [6, 6.07) is 7.26. The number of hydrogen-bond donors (Lipinski definition) is 0. The van der Waals surface area contributed by atoms with Crippen LogP contribution in [0, 0.1) is 5.92 Å². The van der Waals surface area contributed by atoms with Gasteiger partial charge in [0.2, 0.25) is 0 Å². The van der Waals surface area contributed by atoms with Gasteiger partial charge in [0, 0.05) is 22.9 Å². The second kappa shape index (κ2) is 5.77. The Morgan fingerprint density at radius 1 is 1.33 bits per heavy atom. The normalized spacial score (nSPS) is 29.7. The van der Waals surface area contributed by atoms with E-state index in [4.69, 9.17) is 4.74 Å². The van der Waals surface area contributed by atoms with Crippen LogP contribution in [0.4, 0.5) is 5.69 Å². The molecule has 1 saturated carbocycles. The van der Waals surface area contributed by atoms with Crippen molar-refractivity contribution in [3.63, 3.8) is 0 Å². The van der Waals surface area contributed by atoms with Crippen LogP contribution in [0.5, 0.6) is 5.75 Å². The van der Waals surface area contributed by atoms with E-state index in [9.17, 15) is 13.2 Å². The third-order valence-electron chi connectivity index (χ3n) is 4.53. The van der Waals surface area contributed by atoms with Crippen LogP contribution < -0.4 is 9.64 Å². The molecule has 2 heterocycles. The number of carbonyl (C=O) groups excluding carboxylic acids is 1. The van der Waals surface area contributed by atoms with Crippen molar-refractivity contribution in [3.05, 3.63) is 24.3 Å². The van der Waals surface area contributed by atoms with Gasteiger partial charge in [0.15, 0.2) is 15.0 Å². The number of carbonyl (C=O) groups is 1. The van der Waals surface area contributed by atoms with Crippen molar-refractivity contribution in [1.29, 1.82) is 0 Å². The quantitative estimate of drug-likeness (QED) is 0.811. The molecule has 4 rings (SSSR count). The minimum absolute atomic E-state index is 0.0504. The fourth-order valence-electron chi connectivity index (χ4n) is 3.14. The summed E-state index contributed by atoms with van der Waals surface area (Å²) in [5.41, 5.74) is 0.814. The van der Waals surface area contributed by atoms with Crippen LogP contribution in [-0.4, -0.2) is 49.4 Å². The van der Waals surface area contributed by atoms with E-state index in [1.807, 2.05) is 29.2 Å². The van der Waals surface area contributed by atoms with Crippen molar-refractivity contribution in [3.8, 4) is 5.75 Å². The molecule has 2 aliphatic heterocycles. The van der Waals surface area contributed by atoms with Crippen molar-refractivity contribution in [2.75, 3.05) is 23.5 Å². The number of hydrogen-bond acceptors (Lipinski definition) is 5. The summed E-state index contributed by atoms with van der Waals surface area (Å²) in [6.45, 7) is 0. The van der Waals surface area contributed by atoms with Gasteiger partial charge < -0.3 is 9.64 Å². The Kier molecular flexibility index (Phi) is 3.84. The first-order chi connectivity index (χ1) is 11.5. The summed E-state index contributed by atoms with van der Waals surface area (Å²) >= 11 is 1.41. The lowest BCUT2D eigenvalue weighted by molar-refractivity contribution is -0.118. The monoisotopic (exact) mass is 366 g/mol. The highest BCUT2D eigenvalue weighted by Crippen LogP contribution is 2.42. The molecule has 2 saturated heterocycles. The molecule has 0 aromatic heterocycles. The summed E-state index contributed by atoms with van der Waals surface area (Å²) in [4.78, 5) is 18.4. The standard InChI is InChI=1S/C16H18N2O4S2/c1-22-12-4-2-3-11(7-12)18-13-8-24(20,21)9-14(13)23-16(18)17-15(19)10-5-6-10/h2-4,7,10,13-14H,5-6,8-9H2,1H3/t13-,14-/m0/s1. The SMILES string of the molecule is COc1cccc(N2C(=NC(=O)C3CC3)S[C@H]3CS(=O)(=O)C[C@@H]32)c1. The number of sulfone groups is 1. The number of amides is 1. The lowest BCUT2D eigenvalue weighted by atomic mass is 10.2. The van der Waals surface area contributed by atoms with Crippen molar-refractivity contribution in [2.24, 2.45) is 10.9 Å². The molecule has 8 heteroatoms. The van der Waals surface area contributed by atoms with Crippen molar-refractivity contribution in [1.82, 2.24) is 0 Å². The van der Waals surface area contributed by atoms with Crippen LogP contribution >= 0.6 is 11.8 Å². The molecule has 3 fully saturated rings. The first-order valence-electron chi connectivity index (χ1n) is 7.90. The number of benzene rings is 1. The van der Waals surface area contributed by atoms with Gasteiger partial charge >= 0.3 is 0 Å². The zero-order valence-electron chi connectivity index (χ0n) is 13.2.